The topological polar surface area (TPSA) is 52.6 Å². The van der Waals surface area contributed by atoms with Gasteiger partial charge in [-0.15, -0.1) is 0 Å². The zero-order valence-corrected chi connectivity index (χ0v) is 6.22. The molecule has 2 N–H and O–H groups in total. The smallest absolute Gasteiger partial charge is 0.407 e. The molecule has 1 saturated heterocycles. The summed E-state index contributed by atoms with van der Waals surface area (Å²) >= 11 is 0. The zero-order chi connectivity index (χ0) is 7.78. The van der Waals surface area contributed by atoms with Crippen LogP contribution >= 0.6 is 0 Å². The summed E-state index contributed by atoms with van der Waals surface area (Å²) in [6.07, 6.45) is -0.857. The minimum Gasteiger partial charge on any atom is -0.465 e. The molecule has 0 bridgehead atoms. The summed E-state index contributed by atoms with van der Waals surface area (Å²) in [5.41, 5.74) is -0.175. The average Bonchev–Trinajstić information content (AvgIpc) is 1.81. The summed E-state index contributed by atoms with van der Waals surface area (Å²) in [5, 5.41) is 11.6. The molecule has 1 amide bonds. The third-order valence-electron chi connectivity index (χ3n) is 2.11. The molecule has 0 spiro atoms. The Balaban J connectivity index is 2.54. The van der Waals surface area contributed by atoms with Crippen molar-refractivity contribution in [2.24, 2.45) is 0 Å². The normalized spacial score (nSPS) is 21.4. The van der Waals surface area contributed by atoms with Crippen molar-refractivity contribution in [3.63, 3.8) is 0 Å². The van der Waals surface area contributed by atoms with Crippen molar-refractivity contribution < 1.29 is 9.90 Å². The van der Waals surface area contributed by atoms with E-state index in [2.05, 4.69) is 5.32 Å². The van der Waals surface area contributed by atoms with Crippen molar-refractivity contribution in [3.8, 4) is 0 Å². The van der Waals surface area contributed by atoms with Crippen LogP contribution in [0.5, 0.6) is 0 Å². The number of hydrogen-bond donors (Lipinski definition) is 2. The minimum atomic E-state index is -0.857. The van der Waals surface area contributed by atoms with Crippen LogP contribution in [-0.4, -0.2) is 41.8 Å². The molecule has 58 valence electrons. The number of hydrogen-bond acceptors (Lipinski definition) is 2. The Hall–Kier alpha value is -0.770. The van der Waals surface area contributed by atoms with Crippen molar-refractivity contribution in [1.29, 1.82) is 0 Å². The van der Waals surface area contributed by atoms with Crippen LogP contribution in [0.25, 0.3) is 0 Å². The Morgan fingerprint density at radius 3 is 2.30 bits per heavy atom. The van der Waals surface area contributed by atoms with E-state index in [1.165, 1.54) is 4.90 Å². The number of likely N-dealkylation sites (N-methyl/N-ethyl adjacent to an activating group) is 1. The second kappa shape index (κ2) is 2.12. The van der Waals surface area contributed by atoms with E-state index in [-0.39, 0.29) is 5.54 Å². The molecular weight excluding hydrogens is 132 g/mol. The molecule has 0 aliphatic carbocycles. The van der Waals surface area contributed by atoms with Gasteiger partial charge in [-0.1, -0.05) is 0 Å². The van der Waals surface area contributed by atoms with Crippen LogP contribution in [0.15, 0.2) is 0 Å². The number of carboxylic acid groups (broad SMARTS) is 1. The third kappa shape index (κ3) is 0.945. The van der Waals surface area contributed by atoms with Gasteiger partial charge in [0.05, 0.1) is 5.54 Å². The van der Waals surface area contributed by atoms with Gasteiger partial charge in [-0.3, -0.25) is 0 Å². The lowest BCUT2D eigenvalue weighted by Crippen LogP contribution is -2.67. The van der Waals surface area contributed by atoms with Gasteiger partial charge in [0.25, 0.3) is 0 Å². The van der Waals surface area contributed by atoms with Gasteiger partial charge in [0.15, 0.2) is 0 Å². The Labute approximate surface area is 59.8 Å². The standard InChI is InChI=1S/C6H12N2O2/c1-6(3-7-4-6)8(2)5(9)10/h7H,3-4H2,1-2H3,(H,9,10). The van der Waals surface area contributed by atoms with E-state index in [9.17, 15) is 4.79 Å². The van der Waals surface area contributed by atoms with E-state index >= 15 is 0 Å². The Bertz CT molecular complexity index is 154. The van der Waals surface area contributed by atoms with Crippen LogP contribution < -0.4 is 5.32 Å². The highest BCUT2D eigenvalue weighted by molar-refractivity contribution is 5.66. The molecule has 0 atom stereocenters. The van der Waals surface area contributed by atoms with E-state index < -0.39 is 6.09 Å². The van der Waals surface area contributed by atoms with E-state index in [1.54, 1.807) is 7.05 Å². The zero-order valence-electron chi connectivity index (χ0n) is 6.22. The maximum atomic E-state index is 10.4. The van der Waals surface area contributed by atoms with E-state index in [0.717, 1.165) is 13.1 Å². The van der Waals surface area contributed by atoms with Gasteiger partial charge in [-0.05, 0) is 6.92 Å². The Morgan fingerprint density at radius 1 is 1.70 bits per heavy atom. The molecule has 0 aromatic heterocycles. The average molecular weight is 144 g/mol. The molecule has 4 heteroatoms. The van der Waals surface area contributed by atoms with Crippen LogP contribution in [-0.2, 0) is 0 Å². The Kier molecular flexibility index (Phi) is 1.56. The molecule has 1 heterocycles. The van der Waals surface area contributed by atoms with Gasteiger partial charge in [0, 0.05) is 20.1 Å². The number of carbonyl (C=O) groups is 1. The SMILES string of the molecule is CN(C(=O)O)C1(C)CNC1. The Morgan fingerprint density at radius 2 is 2.20 bits per heavy atom. The third-order valence-corrected chi connectivity index (χ3v) is 2.11. The molecule has 0 saturated carbocycles. The molecule has 4 nitrogen and oxygen atoms in total. The summed E-state index contributed by atoms with van der Waals surface area (Å²) in [7, 11) is 1.60. The van der Waals surface area contributed by atoms with Crippen molar-refractivity contribution in [1.82, 2.24) is 10.2 Å². The fourth-order valence-corrected chi connectivity index (χ4v) is 0.955. The van der Waals surface area contributed by atoms with Crippen molar-refractivity contribution in [2.45, 2.75) is 12.5 Å². The highest BCUT2D eigenvalue weighted by atomic mass is 16.4. The van der Waals surface area contributed by atoms with Crippen LogP contribution in [0.4, 0.5) is 4.79 Å². The van der Waals surface area contributed by atoms with Crippen LogP contribution in [0.1, 0.15) is 6.92 Å². The number of amides is 1. The van der Waals surface area contributed by atoms with Gasteiger partial charge >= 0.3 is 6.09 Å². The molecule has 1 aliphatic heterocycles. The van der Waals surface area contributed by atoms with Gasteiger partial charge in [0.2, 0.25) is 0 Å². The predicted molar refractivity (Wildman–Crippen MR) is 37.1 cm³/mol. The second-order valence-electron chi connectivity index (χ2n) is 2.94. The van der Waals surface area contributed by atoms with Crippen molar-refractivity contribution >= 4 is 6.09 Å². The largest absolute Gasteiger partial charge is 0.465 e. The fourth-order valence-electron chi connectivity index (χ4n) is 0.955. The molecule has 0 radical (unpaired) electrons. The highest BCUT2D eigenvalue weighted by Gasteiger charge is 2.38. The highest BCUT2D eigenvalue weighted by Crippen LogP contribution is 2.17. The van der Waals surface area contributed by atoms with Gasteiger partial charge in [-0.2, -0.15) is 0 Å². The minimum absolute atomic E-state index is 0.175. The van der Waals surface area contributed by atoms with Gasteiger partial charge < -0.3 is 15.3 Å². The molecule has 1 aliphatic rings. The molecule has 1 fully saturated rings. The second-order valence-corrected chi connectivity index (χ2v) is 2.94. The lowest BCUT2D eigenvalue weighted by atomic mass is 9.94. The summed E-state index contributed by atoms with van der Waals surface area (Å²) in [5.74, 6) is 0. The summed E-state index contributed by atoms with van der Waals surface area (Å²) < 4.78 is 0. The summed E-state index contributed by atoms with van der Waals surface area (Å²) in [4.78, 5) is 11.8. The molecule has 1 rings (SSSR count). The van der Waals surface area contributed by atoms with Crippen molar-refractivity contribution in [3.05, 3.63) is 0 Å². The summed E-state index contributed by atoms with van der Waals surface area (Å²) in [6, 6.07) is 0. The number of nitrogens with zero attached hydrogens (tertiary/aromatic N) is 1. The van der Waals surface area contributed by atoms with Crippen LogP contribution in [0.3, 0.4) is 0 Å². The first-order valence-corrected chi connectivity index (χ1v) is 3.24. The van der Waals surface area contributed by atoms with Crippen LogP contribution in [0, 0.1) is 0 Å². The predicted octanol–water partition coefficient (Wildman–Crippen LogP) is -0.0419. The first-order valence-electron chi connectivity index (χ1n) is 3.24. The quantitative estimate of drug-likeness (QED) is 0.543. The molecule has 10 heavy (non-hydrogen) atoms. The van der Waals surface area contributed by atoms with E-state index in [4.69, 9.17) is 5.11 Å². The molecule has 0 unspecified atom stereocenters. The van der Waals surface area contributed by atoms with E-state index in [1.807, 2.05) is 6.92 Å². The summed E-state index contributed by atoms with van der Waals surface area (Å²) in [6.45, 7) is 3.45. The number of rotatable bonds is 1. The van der Waals surface area contributed by atoms with Crippen LogP contribution in [0.2, 0.25) is 0 Å². The molecule has 0 aromatic carbocycles. The molecular formula is C6H12N2O2. The van der Waals surface area contributed by atoms with Crippen molar-refractivity contribution in [2.75, 3.05) is 20.1 Å². The fraction of sp³-hybridized carbons (Fsp3) is 0.833. The lowest BCUT2D eigenvalue weighted by Gasteiger charge is -2.44. The van der Waals surface area contributed by atoms with E-state index in [0.29, 0.717) is 0 Å². The maximum absolute atomic E-state index is 10.4. The lowest BCUT2D eigenvalue weighted by molar-refractivity contribution is 0.0703. The van der Waals surface area contributed by atoms with Gasteiger partial charge in [0.1, 0.15) is 0 Å². The maximum Gasteiger partial charge on any atom is 0.407 e. The first-order chi connectivity index (χ1) is 4.56. The monoisotopic (exact) mass is 144 g/mol. The number of nitrogens with one attached hydrogen (secondary N) is 1. The molecule has 0 aromatic rings. The van der Waals surface area contributed by atoms with Gasteiger partial charge in [-0.25, -0.2) is 4.79 Å². The first kappa shape index (κ1) is 7.34.